The first-order chi connectivity index (χ1) is 14.1. The molecule has 0 unspecified atom stereocenters. The number of carbonyl (C=O) groups excluding carboxylic acids is 1. The number of hydrogen-bond donors (Lipinski definition) is 1. The van der Waals surface area contributed by atoms with Crippen molar-refractivity contribution in [3.8, 4) is 5.69 Å². The van der Waals surface area contributed by atoms with E-state index in [-0.39, 0.29) is 17.2 Å². The predicted octanol–water partition coefficient (Wildman–Crippen LogP) is 3.70. The molecule has 6 nitrogen and oxygen atoms in total. The number of carbonyl (C=O) groups is 1. The van der Waals surface area contributed by atoms with Gasteiger partial charge in [-0.05, 0) is 42.8 Å². The van der Waals surface area contributed by atoms with Gasteiger partial charge in [0.05, 0.1) is 35.2 Å². The van der Waals surface area contributed by atoms with Gasteiger partial charge in [-0.15, -0.1) is 0 Å². The number of amides is 1. The van der Waals surface area contributed by atoms with Crippen LogP contribution >= 0.6 is 11.8 Å². The number of aromatic nitrogens is 2. The SMILES string of the molecule is Cc1ccccc1-n1c(SCC(=O)NCc2ccco2)nc2ccccc2c1=O. The molecule has 4 aromatic rings. The van der Waals surface area contributed by atoms with E-state index in [2.05, 4.69) is 10.3 Å². The molecule has 146 valence electrons. The third-order valence-corrected chi connectivity index (χ3v) is 5.41. The molecule has 0 saturated heterocycles. The maximum Gasteiger partial charge on any atom is 0.266 e. The molecule has 7 heteroatoms. The normalized spacial score (nSPS) is 10.9. The molecule has 0 aliphatic heterocycles. The summed E-state index contributed by atoms with van der Waals surface area (Å²) < 4.78 is 6.81. The van der Waals surface area contributed by atoms with Crippen LogP contribution in [0.4, 0.5) is 0 Å². The Morgan fingerprint density at radius 1 is 1.10 bits per heavy atom. The van der Waals surface area contributed by atoms with E-state index in [0.29, 0.717) is 28.4 Å². The molecule has 0 spiro atoms. The number of nitrogens with zero attached hydrogens (tertiary/aromatic N) is 2. The van der Waals surface area contributed by atoms with Gasteiger partial charge in [-0.3, -0.25) is 14.2 Å². The first-order valence-electron chi connectivity index (χ1n) is 9.13. The molecule has 1 amide bonds. The number of rotatable bonds is 6. The van der Waals surface area contributed by atoms with Crippen molar-refractivity contribution in [3.05, 3.63) is 88.6 Å². The molecular weight excluding hydrogens is 386 g/mol. The summed E-state index contributed by atoms with van der Waals surface area (Å²) in [7, 11) is 0. The molecule has 0 aliphatic rings. The van der Waals surface area contributed by atoms with Crippen molar-refractivity contribution in [2.75, 3.05) is 5.75 Å². The van der Waals surface area contributed by atoms with Gasteiger partial charge in [0.1, 0.15) is 5.76 Å². The second-order valence-electron chi connectivity index (χ2n) is 6.48. The molecule has 0 bridgehead atoms. The van der Waals surface area contributed by atoms with E-state index in [0.717, 1.165) is 11.3 Å². The van der Waals surface area contributed by atoms with E-state index in [1.165, 1.54) is 11.8 Å². The minimum atomic E-state index is -0.162. The van der Waals surface area contributed by atoms with Crippen LogP contribution in [0.3, 0.4) is 0 Å². The number of benzene rings is 2. The Morgan fingerprint density at radius 2 is 1.90 bits per heavy atom. The van der Waals surface area contributed by atoms with Crippen LogP contribution < -0.4 is 10.9 Å². The average Bonchev–Trinajstić information content (AvgIpc) is 3.25. The molecule has 2 aromatic heterocycles. The number of nitrogens with one attached hydrogen (secondary N) is 1. The summed E-state index contributed by atoms with van der Waals surface area (Å²) in [4.78, 5) is 30.2. The average molecular weight is 405 g/mol. The Balaban J connectivity index is 1.65. The molecule has 0 saturated carbocycles. The summed E-state index contributed by atoms with van der Waals surface area (Å²) in [5, 5.41) is 3.84. The monoisotopic (exact) mass is 405 g/mol. The highest BCUT2D eigenvalue weighted by atomic mass is 32.2. The van der Waals surface area contributed by atoms with E-state index in [1.807, 2.05) is 43.3 Å². The van der Waals surface area contributed by atoms with Crippen molar-refractivity contribution in [1.82, 2.24) is 14.9 Å². The molecule has 0 aliphatic carbocycles. The molecular formula is C22H19N3O3S. The highest BCUT2D eigenvalue weighted by Crippen LogP contribution is 2.23. The van der Waals surface area contributed by atoms with Gasteiger partial charge in [-0.1, -0.05) is 42.1 Å². The quantitative estimate of drug-likeness (QED) is 0.391. The molecule has 0 atom stereocenters. The van der Waals surface area contributed by atoms with E-state index in [9.17, 15) is 9.59 Å². The van der Waals surface area contributed by atoms with Crippen LogP contribution in [0.15, 0.2) is 81.3 Å². The summed E-state index contributed by atoms with van der Waals surface area (Å²) in [5.74, 6) is 0.659. The zero-order valence-corrected chi connectivity index (χ0v) is 16.6. The van der Waals surface area contributed by atoms with Crippen LogP contribution in [0, 0.1) is 6.92 Å². The smallest absolute Gasteiger partial charge is 0.266 e. The molecule has 1 N–H and O–H groups in total. The lowest BCUT2D eigenvalue weighted by Gasteiger charge is -2.15. The number of hydrogen-bond acceptors (Lipinski definition) is 5. The highest BCUT2D eigenvalue weighted by Gasteiger charge is 2.16. The third kappa shape index (κ3) is 4.09. The van der Waals surface area contributed by atoms with E-state index in [4.69, 9.17) is 4.42 Å². The van der Waals surface area contributed by atoms with Crippen molar-refractivity contribution in [1.29, 1.82) is 0 Å². The zero-order valence-electron chi connectivity index (χ0n) is 15.8. The number of para-hydroxylation sites is 2. The lowest BCUT2D eigenvalue weighted by atomic mass is 10.2. The Morgan fingerprint density at radius 3 is 2.69 bits per heavy atom. The molecule has 4 rings (SSSR count). The van der Waals surface area contributed by atoms with Crippen LogP contribution in [0.5, 0.6) is 0 Å². The first kappa shape index (κ1) is 19.0. The fourth-order valence-electron chi connectivity index (χ4n) is 3.02. The van der Waals surface area contributed by atoms with Crippen molar-refractivity contribution in [2.45, 2.75) is 18.6 Å². The van der Waals surface area contributed by atoms with Crippen molar-refractivity contribution < 1.29 is 9.21 Å². The number of aryl methyl sites for hydroxylation is 1. The van der Waals surface area contributed by atoms with Gasteiger partial charge in [-0.2, -0.15) is 0 Å². The molecule has 0 radical (unpaired) electrons. The van der Waals surface area contributed by atoms with E-state index < -0.39 is 0 Å². The standard InChI is InChI=1S/C22H19N3O3S/c1-15-7-2-5-11-19(15)25-21(27)17-9-3-4-10-18(17)24-22(25)29-14-20(26)23-13-16-8-6-12-28-16/h2-12H,13-14H2,1H3,(H,23,26). The summed E-state index contributed by atoms with van der Waals surface area (Å²) >= 11 is 1.23. The lowest BCUT2D eigenvalue weighted by molar-refractivity contribution is -0.118. The Bertz CT molecular complexity index is 1220. The van der Waals surface area contributed by atoms with Crippen molar-refractivity contribution in [2.24, 2.45) is 0 Å². The highest BCUT2D eigenvalue weighted by molar-refractivity contribution is 7.99. The summed E-state index contributed by atoms with van der Waals surface area (Å²) in [5.41, 5.74) is 2.18. The van der Waals surface area contributed by atoms with Gasteiger partial charge in [0.2, 0.25) is 5.91 Å². The number of thioether (sulfide) groups is 1. The van der Waals surface area contributed by atoms with Crippen molar-refractivity contribution in [3.63, 3.8) is 0 Å². The van der Waals surface area contributed by atoms with E-state index >= 15 is 0 Å². The largest absolute Gasteiger partial charge is 0.467 e. The maximum atomic E-state index is 13.2. The third-order valence-electron chi connectivity index (χ3n) is 4.47. The van der Waals surface area contributed by atoms with Gasteiger partial charge >= 0.3 is 0 Å². The predicted molar refractivity (Wildman–Crippen MR) is 113 cm³/mol. The molecule has 2 aromatic carbocycles. The Labute approximate surface area is 171 Å². The molecule has 0 fully saturated rings. The Hall–Kier alpha value is -3.32. The second-order valence-corrected chi connectivity index (χ2v) is 7.43. The fourth-order valence-corrected chi connectivity index (χ4v) is 3.85. The molecule has 2 heterocycles. The number of fused-ring (bicyclic) bond motifs is 1. The van der Waals surface area contributed by atoms with Crippen LogP contribution in [-0.2, 0) is 11.3 Å². The minimum Gasteiger partial charge on any atom is -0.467 e. The van der Waals surface area contributed by atoms with Gasteiger partial charge in [0.25, 0.3) is 5.56 Å². The Kier molecular flexibility index (Phi) is 5.48. The fraction of sp³-hybridized carbons (Fsp3) is 0.136. The maximum absolute atomic E-state index is 13.2. The first-order valence-corrected chi connectivity index (χ1v) is 10.1. The zero-order chi connectivity index (χ0) is 20.2. The molecule has 29 heavy (non-hydrogen) atoms. The minimum absolute atomic E-state index is 0.136. The number of furan rings is 1. The van der Waals surface area contributed by atoms with Gasteiger partial charge < -0.3 is 9.73 Å². The van der Waals surface area contributed by atoms with Gasteiger partial charge in [-0.25, -0.2) is 4.98 Å². The van der Waals surface area contributed by atoms with Crippen LogP contribution in [-0.4, -0.2) is 21.2 Å². The van der Waals surface area contributed by atoms with Crippen molar-refractivity contribution >= 4 is 28.6 Å². The van der Waals surface area contributed by atoms with E-state index in [1.54, 1.807) is 35.1 Å². The van der Waals surface area contributed by atoms with Crippen LogP contribution in [0.1, 0.15) is 11.3 Å². The summed E-state index contributed by atoms with van der Waals surface area (Å²) in [6.07, 6.45) is 1.57. The van der Waals surface area contributed by atoms with Gasteiger partial charge in [0, 0.05) is 0 Å². The topological polar surface area (TPSA) is 77.1 Å². The summed E-state index contributed by atoms with van der Waals surface area (Å²) in [6.45, 7) is 2.27. The lowest BCUT2D eigenvalue weighted by Crippen LogP contribution is -2.26. The van der Waals surface area contributed by atoms with Crippen LogP contribution in [0.25, 0.3) is 16.6 Å². The second kappa shape index (κ2) is 8.36. The van der Waals surface area contributed by atoms with Crippen LogP contribution in [0.2, 0.25) is 0 Å². The summed E-state index contributed by atoms with van der Waals surface area (Å²) in [6, 6.07) is 18.4. The van der Waals surface area contributed by atoms with Gasteiger partial charge in [0.15, 0.2) is 5.16 Å².